The summed E-state index contributed by atoms with van der Waals surface area (Å²) in [4.78, 5) is 10.7. The van der Waals surface area contributed by atoms with Crippen molar-refractivity contribution in [3.63, 3.8) is 0 Å². The van der Waals surface area contributed by atoms with Gasteiger partial charge < -0.3 is 14.7 Å². The SMILES string of the molecule is C[N+]1(C)CC[C@H](O)[C@H]1C(=O)O. The van der Waals surface area contributed by atoms with Gasteiger partial charge in [0.1, 0.15) is 6.10 Å². The van der Waals surface area contributed by atoms with Gasteiger partial charge in [-0.1, -0.05) is 0 Å². The predicted octanol–water partition coefficient (Wildman–Crippen LogP) is -0.719. The molecule has 1 saturated heterocycles. The molecule has 1 rings (SSSR count). The first-order chi connectivity index (χ1) is 4.95. The largest absolute Gasteiger partial charge is 0.477 e. The fourth-order valence-corrected chi connectivity index (χ4v) is 1.69. The van der Waals surface area contributed by atoms with Gasteiger partial charge in [0.25, 0.3) is 0 Å². The molecule has 0 bridgehead atoms. The summed E-state index contributed by atoms with van der Waals surface area (Å²) >= 11 is 0. The predicted molar refractivity (Wildman–Crippen MR) is 39.0 cm³/mol. The van der Waals surface area contributed by atoms with Gasteiger partial charge in [0.05, 0.1) is 20.6 Å². The molecule has 2 atom stereocenters. The summed E-state index contributed by atoms with van der Waals surface area (Å²) in [6.45, 7) is 0.734. The van der Waals surface area contributed by atoms with Gasteiger partial charge in [-0.05, 0) is 0 Å². The lowest BCUT2D eigenvalue weighted by Crippen LogP contribution is -2.51. The summed E-state index contributed by atoms with van der Waals surface area (Å²) in [6, 6.07) is -0.644. The number of likely N-dealkylation sites (tertiary alicyclic amines) is 1. The lowest BCUT2D eigenvalue weighted by molar-refractivity contribution is -0.895. The second kappa shape index (κ2) is 2.46. The van der Waals surface area contributed by atoms with Crippen molar-refractivity contribution in [2.24, 2.45) is 0 Å². The zero-order chi connectivity index (χ0) is 8.65. The van der Waals surface area contributed by atoms with E-state index < -0.39 is 18.1 Å². The van der Waals surface area contributed by atoms with Crippen LogP contribution in [0.25, 0.3) is 0 Å². The minimum Gasteiger partial charge on any atom is -0.477 e. The number of likely N-dealkylation sites (N-methyl/N-ethyl adjacent to an activating group) is 1. The van der Waals surface area contributed by atoms with Crippen molar-refractivity contribution in [3.8, 4) is 0 Å². The van der Waals surface area contributed by atoms with Crippen LogP contribution in [0.3, 0.4) is 0 Å². The molecule has 0 aliphatic carbocycles. The number of hydrogen-bond donors (Lipinski definition) is 2. The van der Waals surface area contributed by atoms with E-state index in [1.165, 1.54) is 0 Å². The van der Waals surface area contributed by atoms with Crippen molar-refractivity contribution < 1.29 is 19.5 Å². The molecule has 0 saturated carbocycles. The van der Waals surface area contributed by atoms with Crippen LogP contribution in [-0.4, -0.2) is 53.5 Å². The minimum absolute atomic E-state index is 0.385. The lowest BCUT2D eigenvalue weighted by Gasteiger charge is -2.29. The molecule has 0 amide bonds. The van der Waals surface area contributed by atoms with Crippen molar-refractivity contribution in [3.05, 3.63) is 0 Å². The number of aliphatic hydroxyl groups is 1. The number of hydrogen-bond acceptors (Lipinski definition) is 2. The Hall–Kier alpha value is -0.610. The molecule has 1 aliphatic rings. The Morgan fingerprint density at radius 2 is 2.09 bits per heavy atom. The number of aliphatic hydroxyl groups excluding tert-OH is 1. The van der Waals surface area contributed by atoms with E-state index in [1.807, 2.05) is 14.1 Å². The molecule has 0 aromatic carbocycles. The van der Waals surface area contributed by atoms with E-state index in [-0.39, 0.29) is 0 Å². The fourth-order valence-electron chi connectivity index (χ4n) is 1.69. The van der Waals surface area contributed by atoms with Gasteiger partial charge in [0, 0.05) is 6.42 Å². The number of nitrogens with zero attached hydrogens (tertiary/aromatic N) is 1. The van der Waals surface area contributed by atoms with Gasteiger partial charge in [0.15, 0.2) is 0 Å². The number of quaternary nitrogens is 1. The Balaban J connectivity index is 2.80. The molecular formula is C7H14NO3+. The van der Waals surface area contributed by atoms with Crippen LogP contribution in [0.1, 0.15) is 6.42 Å². The van der Waals surface area contributed by atoms with Crippen LogP contribution >= 0.6 is 0 Å². The smallest absolute Gasteiger partial charge is 0.365 e. The number of carboxylic acids is 1. The fraction of sp³-hybridized carbons (Fsp3) is 0.857. The van der Waals surface area contributed by atoms with Crippen LogP contribution < -0.4 is 0 Å². The molecule has 0 aromatic rings. The van der Waals surface area contributed by atoms with E-state index >= 15 is 0 Å². The van der Waals surface area contributed by atoms with Gasteiger partial charge in [-0.15, -0.1) is 0 Å². The first-order valence-electron chi connectivity index (χ1n) is 3.69. The number of carbonyl (C=O) groups is 1. The third-order valence-electron chi connectivity index (χ3n) is 2.37. The molecule has 0 spiro atoms. The maximum atomic E-state index is 10.7. The maximum absolute atomic E-state index is 10.7. The molecule has 2 N–H and O–H groups in total. The summed E-state index contributed by atoms with van der Waals surface area (Å²) in [6.07, 6.45) is -0.0910. The van der Waals surface area contributed by atoms with E-state index in [2.05, 4.69) is 0 Å². The lowest BCUT2D eigenvalue weighted by atomic mass is 10.1. The molecule has 4 heteroatoms. The van der Waals surface area contributed by atoms with Gasteiger partial charge in [-0.2, -0.15) is 0 Å². The second-order valence-corrected chi connectivity index (χ2v) is 3.64. The van der Waals surface area contributed by atoms with E-state index in [1.54, 1.807) is 0 Å². The molecule has 1 aliphatic heterocycles. The molecule has 64 valence electrons. The number of rotatable bonds is 1. The number of carboxylic acid groups (broad SMARTS) is 1. The van der Waals surface area contributed by atoms with Crippen LogP contribution in [0.15, 0.2) is 0 Å². The highest BCUT2D eigenvalue weighted by Gasteiger charge is 2.46. The summed E-state index contributed by atoms with van der Waals surface area (Å²) in [7, 11) is 3.66. The van der Waals surface area contributed by atoms with Crippen molar-refractivity contribution >= 4 is 5.97 Å². The zero-order valence-electron chi connectivity index (χ0n) is 6.82. The molecule has 1 fully saturated rings. The standard InChI is InChI=1S/C7H13NO3/c1-8(2)4-3-5(9)6(8)7(10)11/h5-6,9H,3-4H2,1-2H3/p+1/t5-,6-/m0/s1. The van der Waals surface area contributed by atoms with Crippen molar-refractivity contribution in [2.45, 2.75) is 18.6 Å². The Labute approximate surface area is 65.6 Å². The Morgan fingerprint density at radius 1 is 1.55 bits per heavy atom. The first kappa shape index (κ1) is 8.49. The summed E-state index contributed by atoms with van der Waals surface area (Å²) < 4.78 is 0.385. The van der Waals surface area contributed by atoms with Crippen molar-refractivity contribution in [1.82, 2.24) is 0 Å². The van der Waals surface area contributed by atoms with E-state index in [0.29, 0.717) is 10.9 Å². The van der Waals surface area contributed by atoms with Gasteiger partial charge in [-0.25, -0.2) is 4.79 Å². The Kier molecular flexibility index (Phi) is 1.90. The third kappa shape index (κ3) is 1.36. The van der Waals surface area contributed by atoms with E-state index in [4.69, 9.17) is 5.11 Å². The highest BCUT2D eigenvalue weighted by Crippen LogP contribution is 2.22. The van der Waals surface area contributed by atoms with Crippen LogP contribution in [-0.2, 0) is 4.79 Å². The topological polar surface area (TPSA) is 57.5 Å². The summed E-state index contributed by atoms with van der Waals surface area (Å²) in [5.74, 6) is -0.903. The third-order valence-corrected chi connectivity index (χ3v) is 2.37. The average Bonchev–Trinajstić information content (AvgIpc) is 2.06. The van der Waals surface area contributed by atoms with E-state index in [0.717, 1.165) is 6.54 Å². The summed E-state index contributed by atoms with van der Waals surface area (Å²) in [5.41, 5.74) is 0. The monoisotopic (exact) mass is 160 g/mol. The maximum Gasteiger partial charge on any atom is 0.365 e. The van der Waals surface area contributed by atoms with Gasteiger partial charge in [0.2, 0.25) is 6.04 Å². The molecule has 0 aromatic heterocycles. The molecule has 4 nitrogen and oxygen atoms in total. The Bertz CT molecular complexity index is 179. The highest BCUT2D eigenvalue weighted by molar-refractivity contribution is 5.73. The Morgan fingerprint density at radius 3 is 2.27 bits per heavy atom. The molecular weight excluding hydrogens is 146 g/mol. The van der Waals surface area contributed by atoms with Crippen molar-refractivity contribution in [2.75, 3.05) is 20.6 Å². The number of aliphatic carboxylic acids is 1. The van der Waals surface area contributed by atoms with Crippen molar-refractivity contribution in [1.29, 1.82) is 0 Å². The van der Waals surface area contributed by atoms with Gasteiger partial charge >= 0.3 is 5.97 Å². The summed E-state index contributed by atoms with van der Waals surface area (Å²) in [5, 5.41) is 18.0. The molecule has 0 unspecified atom stereocenters. The zero-order valence-corrected chi connectivity index (χ0v) is 6.82. The van der Waals surface area contributed by atoms with Crippen LogP contribution in [0.5, 0.6) is 0 Å². The van der Waals surface area contributed by atoms with E-state index in [9.17, 15) is 9.90 Å². The van der Waals surface area contributed by atoms with Crippen LogP contribution in [0, 0.1) is 0 Å². The average molecular weight is 160 g/mol. The molecule has 1 heterocycles. The first-order valence-corrected chi connectivity index (χ1v) is 3.69. The normalized spacial score (nSPS) is 35.5. The molecule has 0 radical (unpaired) electrons. The highest BCUT2D eigenvalue weighted by atomic mass is 16.4. The van der Waals surface area contributed by atoms with Crippen LogP contribution in [0.2, 0.25) is 0 Å². The second-order valence-electron chi connectivity index (χ2n) is 3.64. The molecule has 11 heavy (non-hydrogen) atoms. The van der Waals surface area contributed by atoms with Crippen LogP contribution in [0.4, 0.5) is 0 Å². The minimum atomic E-state index is -0.903. The van der Waals surface area contributed by atoms with Gasteiger partial charge in [-0.3, -0.25) is 0 Å². The quantitative estimate of drug-likeness (QED) is 0.498.